The summed E-state index contributed by atoms with van der Waals surface area (Å²) in [5, 5.41) is 0. The molecule has 5 nitrogen and oxygen atoms in total. The van der Waals surface area contributed by atoms with Crippen LogP contribution in [0.5, 0.6) is 0 Å². The molecule has 0 aromatic heterocycles. The van der Waals surface area contributed by atoms with E-state index in [1.165, 1.54) is 0 Å². The summed E-state index contributed by atoms with van der Waals surface area (Å²) in [6, 6.07) is 0. The highest BCUT2D eigenvalue weighted by Crippen LogP contribution is 2.02. The molecule has 0 radical (unpaired) electrons. The maximum Gasteiger partial charge on any atom is 0.330 e. The lowest BCUT2D eigenvalue weighted by atomic mass is 10.3. The van der Waals surface area contributed by atoms with Gasteiger partial charge in [-0.05, 0) is 20.4 Å². The Bertz CT molecular complexity index is 297. The number of carbonyl (C=O) groups is 2. The molecule has 2 atom stereocenters. The third kappa shape index (κ3) is 8.15. The fraction of sp³-hybridized carbons (Fsp3) is 0.571. The molecule has 0 aromatic carbocycles. The van der Waals surface area contributed by atoms with Crippen LogP contribution in [0.25, 0.3) is 0 Å². The van der Waals surface area contributed by atoms with Gasteiger partial charge in [-0.25, -0.2) is 9.59 Å². The SMILES string of the molecule is C=CC(=O)OC(C)CN(CC)CC(C)OC(=O)C=C. The fourth-order valence-corrected chi connectivity index (χ4v) is 1.63. The molecule has 108 valence electrons. The molecule has 0 aliphatic heterocycles. The first kappa shape index (κ1) is 17.4. The topological polar surface area (TPSA) is 55.8 Å². The predicted molar refractivity (Wildman–Crippen MR) is 73.6 cm³/mol. The molecule has 5 heteroatoms. The van der Waals surface area contributed by atoms with Crippen LogP contribution in [0.3, 0.4) is 0 Å². The van der Waals surface area contributed by atoms with Crippen LogP contribution in [-0.4, -0.2) is 48.7 Å². The normalized spacial score (nSPS) is 13.5. The summed E-state index contributed by atoms with van der Waals surface area (Å²) in [5.74, 6) is -0.871. The average Bonchev–Trinajstić information content (AvgIpc) is 2.37. The Morgan fingerprint density at radius 1 is 1.05 bits per heavy atom. The van der Waals surface area contributed by atoms with E-state index in [2.05, 4.69) is 13.2 Å². The highest BCUT2D eigenvalue weighted by molar-refractivity contribution is 5.81. The molecule has 0 spiro atoms. The van der Waals surface area contributed by atoms with Gasteiger partial charge in [0.1, 0.15) is 12.2 Å². The monoisotopic (exact) mass is 269 g/mol. The molecular formula is C14H23NO4. The van der Waals surface area contributed by atoms with Gasteiger partial charge in [-0.1, -0.05) is 20.1 Å². The van der Waals surface area contributed by atoms with Crippen LogP contribution in [0, 0.1) is 0 Å². The molecule has 2 unspecified atom stereocenters. The zero-order chi connectivity index (χ0) is 14.8. The standard InChI is InChI=1S/C14H23NO4/c1-6-13(16)18-11(4)9-15(8-3)10-12(5)19-14(17)7-2/h6-7,11-12H,1-2,8-10H2,3-5H3. The minimum absolute atomic E-state index is 0.243. The van der Waals surface area contributed by atoms with Gasteiger partial charge in [0.05, 0.1) is 0 Å². The van der Waals surface area contributed by atoms with Crippen LogP contribution in [0.15, 0.2) is 25.3 Å². The molecule has 0 saturated carbocycles. The van der Waals surface area contributed by atoms with Gasteiger partial charge in [0.25, 0.3) is 0 Å². The van der Waals surface area contributed by atoms with Crippen LogP contribution in [0.4, 0.5) is 0 Å². The minimum Gasteiger partial charge on any atom is -0.458 e. The molecular weight excluding hydrogens is 246 g/mol. The Balaban J connectivity index is 4.19. The van der Waals surface area contributed by atoms with Crippen molar-refractivity contribution in [3.05, 3.63) is 25.3 Å². The van der Waals surface area contributed by atoms with Crippen LogP contribution in [0.2, 0.25) is 0 Å². The molecule has 0 rings (SSSR count). The largest absolute Gasteiger partial charge is 0.458 e. The van der Waals surface area contributed by atoms with Gasteiger partial charge in [-0.15, -0.1) is 0 Å². The van der Waals surface area contributed by atoms with Crippen molar-refractivity contribution in [3.63, 3.8) is 0 Å². The van der Waals surface area contributed by atoms with Crippen molar-refractivity contribution in [1.29, 1.82) is 0 Å². The van der Waals surface area contributed by atoms with E-state index in [-0.39, 0.29) is 12.2 Å². The summed E-state index contributed by atoms with van der Waals surface area (Å²) in [4.78, 5) is 24.2. The summed E-state index contributed by atoms with van der Waals surface area (Å²) in [7, 11) is 0. The number of nitrogens with zero attached hydrogens (tertiary/aromatic N) is 1. The van der Waals surface area contributed by atoms with Gasteiger partial charge >= 0.3 is 11.9 Å². The summed E-state index contributed by atoms with van der Waals surface area (Å²) >= 11 is 0. The van der Waals surface area contributed by atoms with E-state index in [1.54, 1.807) is 0 Å². The predicted octanol–water partition coefficient (Wildman–Crippen LogP) is 1.54. The van der Waals surface area contributed by atoms with E-state index in [4.69, 9.17) is 9.47 Å². The molecule has 0 saturated heterocycles. The summed E-state index contributed by atoms with van der Waals surface area (Å²) in [6.07, 6.45) is 1.79. The van der Waals surface area contributed by atoms with E-state index in [0.29, 0.717) is 13.1 Å². The third-order valence-corrected chi connectivity index (χ3v) is 2.45. The quantitative estimate of drug-likeness (QED) is 0.469. The number of esters is 2. The van der Waals surface area contributed by atoms with Gasteiger partial charge in [-0.3, -0.25) is 4.90 Å². The third-order valence-electron chi connectivity index (χ3n) is 2.45. The van der Waals surface area contributed by atoms with Crippen LogP contribution in [-0.2, 0) is 19.1 Å². The lowest BCUT2D eigenvalue weighted by molar-refractivity contribution is -0.144. The number of ether oxygens (including phenoxy) is 2. The Hall–Kier alpha value is -1.62. The highest BCUT2D eigenvalue weighted by Gasteiger charge is 2.15. The zero-order valence-electron chi connectivity index (χ0n) is 11.9. The second-order valence-corrected chi connectivity index (χ2v) is 4.26. The van der Waals surface area contributed by atoms with E-state index < -0.39 is 11.9 Å². The van der Waals surface area contributed by atoms with Gasteiger partial charge in [0.2, 0.25) is 0 Å². The number of hydrogen-bond donors (Lipinski definition) is 0. The molecule has 19 heavy (non-hydrogen) atoms. The minimum atomic E-state index is -0.435. The lowest BCUT2D eigenvalue weighted by Crippen LogP contribution is -2.38. The second-order valence-electron chi connectivity index (χ2n) is 4.26. The van der Waals surface area contributed by atoms with Crippen molar-refractivity contribution in [2.45, 2.75) is 33.0 Å². The van der Waals surface area contributed by atoms with E-state index in [1.807, 2.05) is 25.7 Å². The Kier molecular flexibility index (Phi) is 8.53. The van der Waals surface area contributed by atoms with Gasteiger partial charge in [0.15, 0.2) is 0 Å². The molecule has 0 heterocycles. The smallest absolute Gasteiger partial charge is 0.330 e. The van der Waals surface area contributed by atoms with Crippen molar-refractivity contribution >= 4 is 11.9 Å². The number of likely N-dealkylation sites (N-methyl/N-ethyl adjacent to an activating group) is 1. The number of rotatable bonds is 9. The summed E-state index contributed by atoms with van der Waals surface area (Å²) in [5.41, 5.74) is 0. The first-order valence-electron chi connectivity index (χ1n) is 6.31. The number of hydrogen-bond acceptors (Lipinski definition) is 5. The molecule has 0 aliphatic rings. The van der Waals surface area contributed by atoms with Crippen molar-refractivity contribution in [3.8, 4) is 0 Å². The Morgan fingerprint density at radius 2 is 1.42 bits per heavy atom. The zero-order valence-corrected chi connectivity index (χ0v) is 11.9. The van der Waals surface area contributed by atoms with Crippen LogP contribution < -0.4 is 0 Å². The fourth-order valence-electron chi connectivity index (χ4n) is 1.63. The van der Waals surface area contributed by atoms with Gasteiger partial charge in [-0.2, -0.15) is 0 Å². The molecule has 0 aromatic rings. The molecule has 0 bridgehead atoms. The van der Waals surface area contributed by atoms with E-state index in [0.717, 1.165) is 18.7 Å². The van der Waals surface area contributed by atoms with Crippen LogP contribution in [0.1, 0.15) is 20.8 Å². The van der Waals surface area contributed by atoms with E-state index in [9.17, 15) is 9.59 Å². The van der Waals surface area contributed by atoms with Crippen molar-refractivity contribution < 1.29 is 19.1 Å². The average molecular weight is 269 g/mol. The molecule has 0 N–H and O–H groups in total. The molecule has 0 amide bonds. The van der Waals surface area contributed by atoms with Gasteiger partial charge in [0, 0.05) is 25.2 Å². The summed E-state index contributed by atoms with van der Waals surface area (Å²) in [6.45, 7) is 14.2. The second kappa shape index (κ2) is 9.33. The van der Waals surface area contributed by atoms with Crippen molar-refractivity contribution in [2.24, 2.45) is 0 Å². The van der Waals surface area contributed by atoms with Gasteiger partial charge < -0.3 is 9.47 Å². The maximum absolute atomic E-state index is 11.1. The lowest BCUT2D eigenvalue weighted by Gasteiger charge is -2.26. The van der Waals surface area contributed by atoms with Crippen molar-refractivity contribution in [1.82, 2.24) is 4.90 Å². The number of carbonyl (C=O) groups excluding carboxylic acids is 2. The van der Waals surface area contributed by atoms with E-state index >= 15 is 0 Å². The highest BCUT2D eigenvalue weighted by atomic mass is 16.5. The Labute approximate surface area is 114 Å². The molecule has 0 fully saturated rings. The van der Waals surface area contributed by atoms with Crippen LogP contribution >= 0.6 is 0 Å². The first-order chi connectivity index (χ1) is 8.92. The van der Waals surface area contributed by atoms with Crippen molar-refractivity contribution in [2.75, 3.05) is 19.6 Å². The summed E-state index contributed by atoms with van der Waals surface area (Å²) < 4.78 is 10.2. The first-order valence-corrected chi connectivity index (χ1v) is 6.31. The maximum atomic E-state index is 11.1. The Morgan fingerprint density at radius 3 is 1.68 bits per heavy atom. The molecule has 0 aliphatic carbocycles.